The third-order valence-electron chi connectivity index (χ3n) is 3.30. The number of carbonyl (C=O) groups is 2. The minimum absolute atomic E-state index is 0.281. The van der Waals surface area contributed by atoms with Gasteiger partial charge < -0.3 is 15.4 Å². The van der Waals surface area contributed by atoms with Gasteiger partial charge in [0, 0.05) is 5.56 Å². The summed E-state index contributed by atoms with van der Waals surface area (Å²) in [5, 5.41) is 5.39. The number of fused-ring (bicyclic) bond motifs is 1. The van der Waals surface area contributed by atoms with Crippen LogP contribution in [0.15, 0.2) is 42.5 Å². The quantitative estimate of drug-likeness (QED) is 0.896. The highest BCUT2D eigenvalue weighted by molar-refractivity contribution is 6.09. The Morgan fingerprint density at radius 2 is 1.95 bits per heavy atom. The van der Waals surface area contributed by atoms with Crippen LogP contribution in [0.4, 0.5) is 15.8 Å². The van der Waals surface area contributed by atoms with Crippen molar-refractivity contribution in [3.63, 3.8) is 0 Å². The highest BCUT2D eigenvalue weighted by atomic mass is 19.1. The van der Waals surface area contributed by atoms with Gasteiger partial charge in [-0.25, -0.2) is 4.39 Å². The molecule has 0 aromatic heterocycles. The van der Waals surface area contributed by atoms with Gasteiger partial charge in [-0.1, -0.05) is 6.07 Å². The maximum atomic E-state index is 12.9. The van der Waals surface area contributed by atoms with E-state index in [-0.39, 0.29) is 5.91 Å². The Morgan fingerprint density at radius 3 is 2.68 bits per heavy atom. The highest BCUT2D eigenvalue weighted by Crippen LogP contribution is 2.36. The van der Waals surface area contributed by atoms with E-state index >= 15 is 0 Å². The normalized spacial score (nSPS) is 16.3. The number of nitrogens with one attached hydrogen (secondary N) is 2. The van der Waals surface area contributed by atoms with Gasteiger partial charge >= 0.3 is 0 Å². The van der Waals surface area contributed by atoms with Gasteiger partial charge in [-0.15, -0.1) is 0 Å². The van der Waals surface area contributed by atoms with Crippen LogP contribution in [-0.2, 0) is 4.79 Å². The molecule has 1 aliphatic rings. The van der Waals surface area contributed by atoms with Crippen molar-refractivity contribution in [1.29, 1.82) is 0 Å². The molecule has 2 amide bonds. The molecule has 1 heterocycles. The van der Waals surface area contributed by atoms with Crippen LogP contribution in [-0.4, -0.2) is 17.9 Å². The lowest BCUT2D eigenvalue weighted by Crippen LogP contribution is -2.34. The Morgan fingerprint density at radius 1 is 1.23 bits per heavy atom. The van der Waals surface area contributed by atoms with Gasteiger partial charge in [0.1, 0.15) is 17.3 Å². The Kier molecular flexibility index (Phi) is 3.50. The highest BCUT2D eigenvalue weighted by Gasteiger charge is 2.26. The standard InChI is InChI=1S/C16H13FN2O3/c1-9-15(20)19-14-12(3-2-4-13(14)22-9)18-16(21)10-5-7-11(17)8-6-10/h2-9H,1H3,(H,18,21)(H,19,20). The lowest BCUT2D eigenvalue weighted by molar-refractivity contribution is -0.122. The van der Waals surface area contributed by atoms with E-state index in [1.165, 1.54) is 24.3 Å². The summed E-state index contributed by atoms with van der Waals surface area (Å²) in [5.74, 6) is -0.607. The van der Waals surface area contributed by atoms with E-state index in [0.717, 1.165) is 0 Å². The molecule has 2 N–H and O–H groups in total. The van der Waals surface area contributed by atoms with Crippen molar-refractivity contribution in [3.8, 4) is 5.75 Å². The molecule has 2 aromatic carbocycles. The average Bonchev–Trinajstić information content (AvgIpc) is 2.50. The monoisotopic (exact) mass is 300 g/mol. The molecule has 5 nitrogen and oxygen atoms in total. The van der Waals surface area contributed by atoms with E-state index in [2.05, 4.69) is 10.6 Å². The molecule has 0 aliphatic carbocycles. The molecule has 0 radical (unpaired) electrons. The maximum absolute atomic E-state index is 12.9. The first kappa shape index (κ1) is 14.1. The molecule has 0 spiro atoms. The Bertz CT molecular complexity index is 744. The lowest BCUT2D eigenvalue weighted by atomic mass is 10.1. The summed E-state index contributed by atoms with van der Waals surface area (Å²) < 4.78 is 18.4. The molecule has 0 bridgehead atoms. The van der Waals surface area contributed by atoms with E-state index in [1.807, 2.05) is 0 Å². The SMILES string of the molecule is CC1Oc2cccc(NC(=O)c3ccc(F)cc3)c2NC1=O. The summed E-state index contributed by atoms with van der Waals surface area (Å²) >= 11 is 0. The first-order valence-corrected chi connectivity index (χ1v) is 6.72. The predicted molar refractivity (Wildman–Crippen MR) is 79.5 cm³/mol. The smallest absolute Gasteiger partial charge is 0.265 e. The molecule has 1 unspecified atom stereocenters. The molecule has 3 rings (SSSR count). The van der Waals surface area contributed by atoms with E-state index in [0.29, 0.717) is 22.7 Å². The summed E-state index contributed by atoms with van der Waals surface area (Å²) in [6, 6.07) is 10.3. The molecule has 1 aliphatic heterocycles. The molecule has 6 heteroatoms. The number of benzene rings is 2. The number of para-hydroxylation sites is 1. The van der Waals surface area contributed by atoms with Gasteiger partial charge in [0.25, 0.3) is 11.8 Å². The topological polar surface area (TPSA) is 67.4 Å². The number of ether oxygens (including phenoxy) is 1. The predicted octanol–water partition coefficient (Wildman–Crippen LogP) is 2.80. The van der Waals surface area contributed by atoms with Crippen LogP contribution in [0.1, 0.15) is 17.3 Å². The van der Waals surface area contributed by atoms with Gasteiger partial charge in [-0.05, 0) is 43.3 Å². The fourth-order valence-corrected chi connectivity index (χ4v) is 2.13. The Labute approximate surface area is 126 Å². The van der Waals surface area contributed by atoms with Crippen LogP contribution in [0.2, 0.25) is 0 Å². The molecule has 112 valence electrons. The Balaban J connectivity index is 1.87. The number of hydrogen-bond acceptors (Lipinski definition) is 3. The number of halogens is 1. The molecule has 0 saturated carbocycles. The van der Waals surface area contributed by atoms with Crippen LogP contribution in [0.5, 0.6) is 5.75 Å². The third-order valence-corrected chi connectivity index (χ3v) is 3.30. The zero-order valence-electron chi connectivity index (χ0n) is 11.7. The van der Waals surface area contributed by atoms with Crippen molar-refractivity contribution in [1.82, 2.24) is 0 Å². The molecule has 1 atom stereocenters. The summed E-state index contributed by atoms with van der Waals surface area (Å²) in [4.78, 5) is 23.9. The van der Waals surface area contributed by atoms with Crippen molar-refractivity contribution in [2.45, 2.75) is 13.0 Å². The fraction of sp³-hybridized carbons (Fsp3) is 0.125. The lowest BCUT2D eigenvalue weighted by Gasteiger charge is -2.25. The fourth-order valence-electron chi connectivity index (χ4n) is 2.13. The number of amides is 2. The van der Waals surface area contributed by atoms with E-state index < -0.39 is 17.8 Å². The van der Waals surface area contributed by atoms with Gasteiger partial charge in [0.15, 0.2) is 6.10 Å². The van der Waals surface area contributed by atoms with Crippen molar-refractivity contribution < 1.29 is 18.7 Å². The second-order valence-corrected chi connectivity index (χ2v) is 4.89. The molecule has 2 aromatic rings. The first-order valence-electron chi connectivity index (χ1n) is 6.72. The summed E-state index contributed by atoms with van der Waals surface area (Å²) in [5.41, 5.74) is 1.16. The van der Waals surface area contributed by atoms with Crippen LogP contribution in [0, 0.1) is 5.82 Å². The molecule has 22 heavy (non-hydrogen) atoms. The Hall–Kier alpha value is -2.89. The molecule has 0 saturated heterocycles. The van der Waals surface area contributed by atoms with Crippen LogP contribution >= 0.6 is 0 Å². The minimum Gasteiger partial charge on any atom is -0.479 e. The van der Waals surface area contributed by atoms with Crippen LogP contribution < -0.4 is 15.4 Å². The molecule has 0 fully saturated rings. The van der Waals surface area contributed by atoms with E-state index in [9.17, 15) is 14.0 Å². The van der Waals surface area contributed by atoms with Gasteiger partial charge in [0.2, 0.25) is 0 Å². The van der Waals surface area contributed by atoms with Crippen molar-refractivity contribution in [2.75, 3.05) is 10.6 Å². The van der Waals surface area contributed by atoms with E-state index in [4.69, 9.17) is 4.74 Å². The second kappa shape index (κ2) is 5.48. The average molecular weight is 300 g/mol. The summed E-state index contributed by atoms with van der Waals surface area (Å²) in [7, 11) is 0. The number of hydrogen-bond donors (Lipinski definition) is 2. The van der Waals surface area contributed by atoms with Crippen LogP contribution in [0.3, 0.4) is 0 Å². The van der Waals surface area contributed by atoms with Gasteiger partial charge in [-0.2, -0.15) is 0 Å². The largest absolute Gasteiger partial charge is 0.479 e. The number of carbonyl (C=O) groups excluding carboxylic acids is 2. The van der Waals surface area contributed by atoms with Gasteiger partial charge in [-0.3, -0.25) is 9.59 Å². The number of rotatable bonds is 2. The minimum atomic E-state index is -0.587. The van der Waals surface area contributed by atoms with E-state index in [1.54, 1.807) is 25.1 Å². The van der Waals surface area contributed by atoms with Crippen molar-refractivity contribution >= 4 is 23.2 Å². The first-order chi connectivity index (χ1) is 10.5. The van der Waals surface area contributed by atoms with Crippen molar-refractivity contribution in [2.24, 2.45) is 0 Å². The molecular formula is C16H13FN2O3. The zero-order chi connectivity index (χ0) is 15.7. The van der Waals surface area contributed by atoms with Gasteiger partial charge in [0.05, 0.1) is 5.69 Å². The zero-order valence-corrected chi connectivity index (χ0v) is 11.7. The summed E-state index contributed by atoms with van der Waals surface area (Å²) in [6.07, 6.45) is -0.587. The molecular weight excluding hydrogens is 287 g/mol. The van der Waals surface area contributed by atoms with Crippen molar-refractivity contribution in [3.05, 3.63) is 53.8 Å². The number of anilines is 2. The maximum Gasteiger partial charge on any atom is 0.265 e. The second-order valence-electron chi connectivity index (χ2n) is 4.89. The summed E-state index contributed by atoms with van der Waals surface area (Å²) in [6.45, 7) is 1.64. The third kappa shape index (κ3) is 2.63. The van der Waals surface area contributed by atoms with Crippen LogP contribution in [0.25, 0.3) is 0 Å².